The molecule has 0 saturated carbocycles. The molecule has 3 nitrogen and oxygen atoms in total. The number of carbonyl (C=O) groups excluding carboxylic acids is 1. The highest BCUT2D eigenvalue weighted by Crippen LogP contribution is 2.29. The van der Waals surface area contributed by atoms with E-state index in [1.54, 1.807) is 12.1 Å². The van der Waals surface area contributed by atoms with Gasteiger partial charge >= 0.3 is 0 Å². The van der Waals surface area contributed by atoms with E-state index in [-0.39, 0.29) is 16.6 Å². The normalized spacial score (nSPS) is 10.9. The van der Waals surface area contributed by atoms with Crippen LogP contribution < -0.4 is 5.32 Å². The second-order valence-electron chi connectivity index (χ2n) is 4.41. The van der Waals surface area contributed by atoms with E-state index in [0.29, 0.717) is 10.3 Å². The Labute approximate surface area is 133 Å². The van der Waals surface area contributed by atoms with Crippen molar-refractivity contribution in [1.29, 1.82) is 0 Å². The number of carbonyl (C=O) groups is 1. The zero-order valence-corrected chi connectivity index (χ0v) is 13.0. The van der Waals surface area contributed by atoms with Crippen LogP contribution in [0.3, 0.4) is 0 Å². The number of nitrogens with zero attached hydrogens (tertiary/aromatic N) is 1. The van der Waals surface area contributed by atoms with Crippen LogP contribution in [0.2, 0.25) is 0 Å². The molecule has 0 unspecified atom stereocenters. The average Bonchev–Trinajstić information content (AvgIpc) is 2.89. The van der Waals surface area contributed by atoms with E-state index in [9.17, 15) is 13.6 Å². The number of nitrogens with one attached hydrogen (secondary N) is 1. The number of rotatable bonds is 3. The van der Waals surface area contributed by atoms with Gasteiger partial charge in [0.15, 0.2) is 10.9 Å². The van der Waals surface area contributed by atoms with Crippen LogP contribution in [0.4, 0.5) is 13.9 Å². The fraction of sp³-hybridized carbons (Fsp3) is 0.0667. The largest absolute Gasteiger partial charge is 0.298 e. The highest BCUT2D eigenvalue weighted by atomic mass is 32.2. The summed E-state index contributed by atoms with van der Waals surface area (Å²) < 4.78 is 27.2. The minimum Gasteiger partial charge on any atom is -0.298 e. The molecule has 1 aromatic heterocycles. The topological polar surface area (TPSA) is 42.0 Å². The van der Waals surface area contributed by atoms with E-state index in [1.165, 1.54) is 17.8 Å². The van der Waals surface area contributed by atoms with Crippen molar-refractivity contribution >= 4 is 44.4 Å². The molecule has 0 aliphatic rings. The third-order valence-electron chi connectivity index (χ3n) is 2.99. The smallest absolute Gasteiger partial charge is 0.258 e. The number of hydrogen-bond donors (Lipinski definition) is 1. The summed E-state index contributed by atoms with van der Waals surface area (Å²) >= 11 is 2.49. The van der Waals surface area contributed by atoms with Crippen molar-refractivity contribution in [2.45, 2.75) is 4.90 Å². The third kappa shape index (κ3) is 2.82. The number of fused-ring (bicyclic) bond motifs is 1. The highest BCUT2D eigenvalue weighted by molar-refractivity contribution is 7.98. The summed E-state index contributed by atoms with van der Waals surface area (Å²) in [5, 5.41) is 2.87. The first-order chi connectivity index (χ1) is 10.6. The lowest BCUT2D eigenvalue weighted by Gasteiger charge is -2.05. The van der Waals surface area contributed by atoms with Crippen LogP contribution in [0.5, 0.6) is 0 Å². The maximum Gasteiger partial charge on any atom is 0.258 e. The number of anilines is 1. The van der Waals surface area contributed by atoms with Gasteiger partial charge in [-0.15, -0.1) is 11.8 Å². The summed E-state index contributed by atoms with van der Waals surface area (Å²) in [6.45, 7) is 0. The van der Waals surface area contributed by atoms with E-state index in [1.807, 2.05) is 18.4 Å². The first kappa shape index (κ1) is 14.9. The van der Waals surface area contributed by atoms with Gasteiger partial charge in [0.1, 0.15) is 11.3 Å². The number of hydrogen-bond acceptors (Lipinski definition) is 4. The van der Waals surface area contributed by atoms with Crippen LogP contribution in [0.25, 0.3) is 10.2 Å². The quantitative estimate of drug-likeness (QED) is 0.714. The summed E-state index contributed by atoms with van der Waals surface area (Å²) in [6, 6.07) is 9.13. The Hall–Kier alpha value is -1.99. The number of benzene rings is 2. The third-order valence-corrected chi connectivity index (χ3v) is 4.70. The van der Waals surface area contributed by atoms with E-state index >= 15 is 0 Å². The molecule has 2 aromatic carbocycles. The summed E-state index contributed by atoms with van der Waals surface area (Å²) in [6.07, 6.45) is 1.88. The van der Waals surface area contributed by atoms with Gasteiger partial charge in [0.25, 0.3) is 5.91 Å². The summed E-state index contributed by atoms with van der Waals surface area (Å²) in [5.41, 5.74) is 0.570. The van der Waals surface area contributed by atoms with Crippen LogP contribution in [0.15, 0.2) is 41.3 Å². The van der Waals surface area contributed by atoms with Crippen molar-refractivity contribution in [3.05, 3.63) is 53.6 Å². The van der Waals surface area contributed by atoms with Gasteiger partial charge in [-0.1, -0.05) is 23.5 Å². The van der Waals surface area contributed by atoms with E-state index in [2.05, 4.69) is 10.3 Å². The molecule has 112 valence electrons. The Morgan fingerprint density at radius 1 is 1.27 bits per heavy atom. The van der Waals surface area contributed by atoms with Crippen LogP contribution in [0, 0.1) is 11.6 Å². The van der Waals surface area contributed by atoms with Gasteiger partial charge in [0.2, 0.25) is 0 Å². The van der Waals surface area contributed by atoms with E-state index in [4.69, 9.17) is 0 Å². The molecule has 0 saturated heterocycles. The van der Waals surface area contributed by atoms with Crippen molar-refractivity contribution in [2.75, 3.05) is 11.6 Å². The Morgan fingerprint density at radius 2 is 2.05 bits per heavy atom. The standard InChI is InChI=1S/C15H10F2N2OS2/c1-21-11-5-3-2-4-9(11)14(20)19-15-18-13-10(17)6-8(16)7-12(13)22-15/h2-7H,1H3,(H,18,19,20). The zero-order valence-electron chi connectivity index (χ0n) is 11.4. The predicted molar refractivity (Wildman–Crippen MR) is 85.7 cm³/mol. The molecule has 3 rings (SSSR count). The van der Waals surface area contributed by atoms with Gasteiger partial charge in [-0.3, -0.25) is 10.1 Å². The summed E-state index contributed by atoms with van der Waals surface area (Å²) in [4.78, 5) is 17.1. The van der Waals surface area contributed by atoms with Gasteiger partial charge in [0.05, 0.1) is 10.3 Å². The summed E-state index contributed by atoms with van der Waals surface area (Å²) in [7, 11) is 0. The van der Waals surface area contributed by atoms with Gasteiger partial charge in [-0.2, -0.15) is 0 Å². The second kappa shape index (κ2) is 6.02. The van der Waals surface area contributed by atoms with Crippen LogP contribution >= 0.6 is 23.1 Å². The van der Waals surface area contributed by atoms with Crippen molar-refractivity contribution < 1.29 is 13.6 Å². The molecule has 0 bridgehead atoms. The lowest BCUT2D eigenvalue weighted by Crippen LogP contribution is -2.12. The molecule has 0 fully saturated rings. The fourth-order valence-corrected chi connectivity index (χ4v) is 3.50. The molecular formula is C15H10F2N2OS2. The van der Waals surface area contributed by atoms with Crippen LogP contribution in [0.1, 0.15) is 10.4 Å². The highest BCUT2D eigenvalue weighted by Gasteiger charge is 2.15. The lowest BCUT2D eigenvalue weighted by atomic mass is 10.2. The minimum absolute atomic E-state index is 0.0554. The fourth-order valence-electron chi connectivity index (χ4n) is 2.01. The SMILES string of the molecule is CSc1ccccc1C(=O)Nc1nc2c(F)cc(F)cc2s1. The molecule has 22 heavy (non-hydrogen) atoms. The average molecular weight is 336 g/mol. The first-order valence-corrected chi connectivity index (χ1v) is 8.32. The number of thiazole rings is 1. The molecule has 7 heteroatoms. The second-order valence-corrected chi connectivity index (χ2v) is 6.29. The van der Waals surface area contributed by atoms with Crippen molar-refractivity contribution in [1.82, 2.24) is 4.98 Å². The molecule has 1 N–H and O–H groups in total. The number of aromatic nitrogens is 1. The molecule has 0 aliphatic heterocycles. The van der Waals surface area contributed by atoms with E-state index in [0.717, 1.165) is 22.3 Å². The molecule has 0 atom stereocenters. The lowest BCUT2D eigenvalue weighted by molar-refractivity contribution is 0.102. The Balaban J connectivity index is 1.93. The molecule has 0 aliphatic carbocycles. The molecule has 0 radical (unpaired) electrons. The van der Waals surface area contributed by atoms with Crippen LogP contribution in [-0.4, -0.2) is 17.1 Å². The monoisotopic (exact) mass is 336 g/mol. The number of amides is 1. The maximum absolute atomic E-state index is 13.6. The van der Waals surface area contributed by atoms with Crippen LogP contribution in [-0.2, 0) is 0 Å². The van der Waals surface area contributed by atoms with Crippen molar-refractivity contribution in [3.63, 3.8) is 0 Å². The molecule has 1 amide bonds. The first-order valence-electron chi connectivity index (χ1n) is 6.28. The molecule has 0 spiro atoms. The van der Waals surface area contributed by atoms with Gasteiger partial charge < -0.3 is 0 Å². The number of halogens is 2. The Bertz CT molecular complexity index is 864. The van der Waals surface area contributed by atoms with Gasteiger partial charge in [-0.25, -0.2) is 13.8 Å². The number of thioether (sulfide) groups is 1. The Morgan fingerprint density at radius 3 is 2.82 bits per heavy atom. The maximum atomic E-state index is 13.6. The summed E-state index contributed by atoms with van der Waals surface area (Å²) in [5.74, 6) is -1.74. The molecule has 1 heterocycles. The Kier molecular flexibility index (Phi) is 4.08. The van der Waals surface area contributed by atoms with Crippen molar-refractivity contribution in [2.24, 2.45) is 0 Å². The van der Waals surface area contributed by atoms with E-state index < -0.39 is 11.6 Å². The minimum atomic E-state index is -0.740. The predicted octanol–water partition coefficient (Wildman–Crippen LogP) is 4.55. The van der Waals surface area contributed by atoms with Gasteiger partial charge in [-0.05, 0) is 24.5 Å². The molecule has 3 aromatic rings. The van der Waals surface area contributed by atoms with Crippen molar-refractivity contribution in [3.8, 4) is 0 Å². The van der Waals surface area contributed by atoms with Gasteiger partial charge in [0, 0.05) is 11.0 Å². The zero-order chi connectivity index (χ0) is 15.7. The molecular weight excluding hydrogens is 326 g/mol.